The lowest BCUT2D eigenvalue weighted by Gasteiger charge is -2.16. The topological polar surface area (TPSA) is 68.8 Å². The minimum Gasteiger partial charge on any atom is -0.489 e. The molecule has 0 spiro atoms. The van der Waals surface area contributed by atoms with E-state index in [2.05, 4.69) is 10.6 Å². The number of benzene rings is 1. The summed E-state index contributed by atoms with van der Waals surface area (Å²) in [5.41, 5.74) is 1.68. The average Bonchev–Trinajstić information content (AvgIpc) is 2.42. The fraction of sp³-hybridized carbons (Fsp3) is 0.533. The van der Waals surface area contributed by atoms with Crippen molar-refractivity contribution in [2.45, 2.75) is 19.9 Å². The highest BCUT2D eigenvalue weighted by Gasteiger charge is 2.10. The Morgan fingerprint density at radius 2 is 2.00 bits per heavy atom. The number of carbonyl (C=O) groups is 1. The van der Waals surface area contributed by atoms with Gasteiger partial charge in [0, 0.05) is 14.2 Å². The molecule has 0 aliphatic heterocycles. The first kappa shape index (κ1) is 17.3. The van der Waals surface area contributed by atoms with E-state index in [0.29, 0.717) is 31.3 Å². The molecule has 0 aliphatic rings. The second-order valence-electron chi connectivity index (χ2n) is 4.80. The van der Waals surface area contributed by atoms with Gasteiger partial charge < -0.3 is 24.8 Å². The third-order valence-electron chi connectivity index (χ3n) is 2.72. The molecule has 0 bridgehead atoms. The van der Waals surface area contributed by atoms with Crippen LogP contribution in [-0.4, -0.2) is 46.1 Å². The Kier molecular flexibility index (Phi) is 7.56. The van der Waals surface area contributed by atoms with Gasteiger partial charge in [-0.1, -0.05) is 6.07 Å². The first-order valence-electron chi connectivity index (χ1n) is 6.85. The molecule has 2 amide bonds. The van der Waals surface area contributed by atoms with Gasteiger partial charge in [0.1, 0.15) is 12.4 Å². The van der Waals surface area contributed by atoms with Gasteiger partial charge in [-0.2, -0.15) is 0 Å². The van der Waals surface area contributed by atoms with Gasteiger partial charge in [-0.3, -0.25) is 0 Å². The monoisotopic (exact) mass is 296 g/mol. The van der Waals surface area contributed by atoms with Gasteiger partial charge >= 0.3 is 6.03 Å². The fourth-order valence-electron chi connectivity index (χ4n) is 1.76. The SMILES string of the molecule is COCCOc1cc(C)ccc1NC(=O)NC(C)COC. The molecule has 0 radical (unpaired) electrons. The van der Waals surface area contributed by atoms with Crippen LogP contribution in [-0.2, 0) is 9.47 Å². The summed E-state index contributed by atoms with van der Waals surface area (Å²) in [5, 5.41) is 5.57. The number of anilines is 1. The second kappa shape index (κ2) is 9.20. The highest BCUT2D eigenvalue weighted by molar-refractivity contribution is 5.91. The van der Waals surface area contributed by atoms with Crippen molar-refractivity contribution in [3.05, 3.63) is 23.8 Å². The second-order valence-corrected chi connectivity index (χ2v) is 4.80. The van der Waals surface area contributed by atoms with E-state index in [4.69, 9.17) is 14.2 Å². The van der Waals surface area contributed by atoms with E-state index >= 15 is 0 Å². The van der Waals surface area contributed by atoms with E-state index in [1.165, 1.54) is 0 Å². The maximum absolute atomic E-state index is 11.9. The number of ether oxygens (including phenoxy) is 3. The lowest BCUT2D eigenvalue weighted by molar-refractivity contribution is 0.146. The van der Waals surface area contributed by atoms with Crippen molar-refractivity contribution >= 4 is 11.7 Å². The minimum atomic E-state index is -0.292. The van der Waals surface area contributed by atoms with Crippen molar-refractivity contribution in [2.24, 2.45) is 0 Å². The third kappa shape index (κ3) is 6.46. The van der Waals surface area contributed by atoms with Crippen LogP contribution in [0.15, 0.2) is 18.2 Å². The van der Waals surface area contributed by atoms with Gasteiger partial charge in [-0.25, -0.2) is 4.79 Å². The summed E-state index contributed by atoms with van der Waals surface area (Å²) < 4.78 is 15.6. The number of urea groups is 1. The Labute approximate surface area is 125 Å². The third-order valence-corrected chi connectivity index (χ3v) is 2.72. The molecule has 1 unspecified atom stereocenters. The molecule has 2 N–H and O–H groups in total. The van der Waals surface area contributed by atoms with E-state index in [0.717, 1.165) is 5.56 Å². The maximum atomic E-state index is 11.9. The van der Waals surface area contributed by atoms with Crippen LogP contribution in [0.25, 0.3) is 0 Å². The molecule has 21 heavy (non-hydrogen) atoms. The number of hydrogen-bond acceptors (Lipinski definition) is 4. The molecule has 118 valence electrons. The van der Waals surface area contributed by atoms with Crippen LogP contribution in [0.1, 0.15) is 12.5 Å². The zero-order valence-corrected chi connectivity index (χ0v) is 13.1. The summed E-state index contributed by atoms with van der Waals surface area (Å²) in [6, 6.07) is 5.25. The molecule has 6 heteroatoms. The van der Waals surface area contributed by atoms with Crippen LogP contribution in [0.5, 0.6) is 5.75 Å². The average molecular weight is 296 g/mol. The Morgan fingerprint density at radius 3 is 2.67 bits per heavy atom. The standard InChI is InChI=1S/C15H24N2O4/c1-11-5-6-13(14(9-11)21-8-7-19-3)17-15(18)16-12(2)10-20-4/h5-6,9,12H,7-8,10H2,1-4H3,(H2,16,17,18). The summed E-state index contributed by atoms with van der Waals surface area (Å²) >= 11 is 0. The molecular weight excluding hydrogens is 272 g/mol. The molecule has 0 aliphatic carbocycles. The van der Waals surface area contributed by atoms with Crippen LogP contribution in [0.3, 0.4) is 0 Å². The van der Waals surface area contributed by atoms with Crippen LogP contribution in [0, 0.1) is 6.92 Å². The summed E-state index contributed by atoms with van der Waals surface area (Å²) in [6.07, 6.45) is 0. The van der Waals surface area contributed by atoms with Crippen molar-refractivity contribution in [2.75, 3.05) is 39.4 Å². The Balaban J connectivity index is 2.66. The van der Waals surface area contributed by atoms with Gasteiger partial charge in [0.15, 0.2) is 0 Å². The molecule has 1 aromatic rings. The van der Waals surface area contributed by atoms with Gasteiger partial charge in [-0.15, -0.1) is 0 Å². The Hall–Kier alpha value is -1.79. The largest absolute Gasteiger partial charge is 0.489 e. The van der Waals surface area contributed by atoms with Crippen LogP contribution < -0.4 is 15.4 Å². The van der Waals surface area contributed by atoms with Crippen molar-refractivity contribution < 1.29 is 19.0 Å². The molecule has 0 aromatic heterocycles. The van der Waals surface area contributed by atoms with E-state index < -0.39 is 0 Å². The number of carbonyl (C=O) groups excluding carboxylic acids is 1. The molecule has 0 saturated carbocycles. The zero-order chi connectivity index (χ0) is 15.7. The van der Waals surface area contributed by atoms with Crippen LogP contribution in [0.2, 0.25) is 0 Å². The smallest absolute Gasteiger partial charge is 0.319 e. The Morgan fingerprint density at radius 1 is 1.24 bits per heavy atom. The lowest BCUT2D eigenvalue weighted by atomic mass is 10.2. The highest BCUT2D eigenvalue weighted by atomic mass is 16.5. The number of amides is 2. The molecular formula is C15H24N2O4. The summed E-state index contributed by atoms with van der Waals surface area (Å²) in [6.45, 7) is 5.21. The predicted octanol–water partition coefficient (Wildman–Crippen LogP) is 2.18. The van der Waals surface area contributed by atoms with Gasteiger partial charge in [-0.05, 0) is 31.5 Å². The lowest BCUT2D eigenvalue weighted by Crippen LogP contribution is -2.38. The number of rotatable bonds is 8. The van der Waals surface area contributed by atoms with Crippen LogP contribution >= 0.6 is 0 Å². The van der Waals surface area contributed by atoms with Crippen molar-refractivity contribution in [3.63, 3.8) is 0 Å². The van der Waals surface area contributed by atoms with Crippen molar-refractivity contribution in [1.82, 2.24) is 5.32 Å². The summed E-state index contributed by atoms with van der Waals surface area (Å²) in [7, 11) is 3.21. The van der Waals surface area contributed by atoms with Gasteiger partial charge in [0.25, 0.3) is 0 Å². The van der Waals surface area contributed by atoms with Crippen molar-refractivity contribution in [1.29, 1.82) is 0 Å². The minimum absolute atomic E-state index is 0.0710. The summed E-state index contributed by atoms with van der Waals surface area (Å²) in [4.78, 5) is 11.9. The fourth-order valence-corrected chi connectivity index (χ4v) is 1.76. The first-order valence-corrected chi connectivity index (χ1v) is 6.85. The quantitative estimate of drug-likeness (QED) is 0.721. The highest BCUT2D eigenvalue weighted by Crippen LogP contribution is 2.25. The van der Waals surface area contributed by atoms with Gasteiger partial charge in [0.05, 0.1) is 24.9 Å². The predicted molar refractivity (Wildman–Crippen MR) is 82.0 cm³/mol. The summed E-state index contributed by atoms with van der Waals surface area (Å²) in [5.74, 6) is 0.626. The number of aryl methyl sites for hydroxylation is 1. The number of nitrogens with one attached hydrogen (secondary N) is 2. The van der Waals surface area contributed by atoms with Crippen molar-refractivity contribution in [3.8, 4) is 5.75 Å². The maximum Gasteiger partial charge on any atom is 0.319 e. The Bertz CT molecular complexity index is 451. The van der Waals surface area contributed by atoms with E-state index in [1.54, 1.807) is 14.2 Å². The molecule has 6 nitrogen and oxygen atoms in total. The van der Waals surface area contributed by atoms with Gasteiger partial charge in [0.2, 0.25) is 0 Å². The van der Waals surface area contributed by atoms with Crippen LogP contribution in [0.4, 0.5) is 10.5 Å². The molecule has 0 heterocycles. The first-order chi connectivity index (χ1) is 10.1. The molecule has 0 fully saturated rings. The zero-order valence-electron chi connectivity index (χ0n) is 13.1. The number of hydrogen-bond donors (Lipinski definition) is 2. The number of methoxy groups -OCH3 is 2. The molecule has 1 aromatic carbocycles. The molecule has 1 rings (SSSR count). The normalized spacial score (nSPS) is 11.8. The van der Waals surface area contributed by atoms with E-state index in [9.17, 15) is 4.79 Å². The molecule has 0 saturated heterocycles. The van der Waals surface area contributed by atoms with E-state index in [1.807, 2.05) is 32.0 Å². The molecule has 1 atom stereocenters. The van der Waals surface area contributed by atoms with E-state index in [-0.39, 0.29) is 12.1 Å².